The summed E-state index contributed by atoms with van der Waals surface area (Å²) in [5.41, 5.74) is 5.61. The maximum atomic E-state index is 12.3. The summed E-state index contributed by atoms with van der Waals surface area (Å²) in [5.74, 6) is 0.317. The monoisotopic (exact) mass is 260 g/mol. The summed E-state index contributed by atoms with van der Waals surface area (Å²) < 4.78 is 27.5. The molecule has 1 aromatic rings. The maximum Gasteiger partial charge on any atom is 0.248 e. The van der Waals surface area contributed by atoms with Crippen molar-refractivity contribution in [3.63, 3.8) is 0 Å². The second-order valence-corrected chi connectivity index (χ2v) is 6.31. The number of anilines is 1. The van der Waals surface area contributed by atoms with E-state index in [1.165, 1.54) is 15.2 Å². The highest BCUT2D eigenvalue weighted by Gasteiger charge is 2.27. The van der Waals surface area contributed by atoms with Crippen LogP contribution in [0.1, 0.15) is 20.8 Å². The van der Waals surface area contributed by atoms with E-state index >= 15 is 0 Å². The van der Waals surface area contributed by atoms with Gasteiger partial charge in [0.05, 0.1) is 0 Å². The molecule has 7 heteroatoms. The highest BCUT2D eigenvalue weighted by atomic mass is 32.2. The Morgan fingerprint density at radius 2 is 2.12 bits per heavy atom. The molecule has 17 heavy (non-hydrogen) atoms. The van der Waals surface area contributed by atoms with E-state index in [0.29, 0.717) is 13.1 Å². The molecular weight excluding hydrogens is 240 g/mol. The predicted molar refractivity (Wildman–Crippen MR) is 66.9 cm³/mol. The standard InChI is InChI=1S/C10H20N4O2S/c1-5-14(6-8(2)3)17(15,16)9-7-13(4)12-10(9)11/h7-8H,5-6H2,1-4H3,(H2,11,12). The smallest absolute Gasteiger partial charge is 0.248 e. The molecule has 1 rings (SSSR count). The average molecular weight is 260 g/mol. The quantitative estimate of drug-likeness (QED) is 0.843. The Morgan fingerprint density at radius 1 is 1.53 bits per heavy atom. The number of aromatic nitrogens is 2. The van der Waals surface area contributed by atoms with Gasteiger partial charge in [-0.2, -0.15) is 9.40 Å². The summed E-state index contributed by atoms with van der Waals surface area (Å²) in [4.78, 5) is 0.0856. The van der Waals surface area contributed by atoms with E-state index in [9.17, 15) is 8.42 Å². The van der Waals surface area contributed by atoms with Gasteiger partial charge < -0.3 is 5.73 Å². The number of nitrogens with two attached hydrogens (primary N) is 1. The zero-order valence-electron chi connectivity index (χ0n) is 10.7. The molecule has 0 aliphatic heterocycles. The zero-order chi connectivity index (χ0) is 13.2. The van der Waals surface area contributed by atoms with Gasteiger partial charge in [-0.3, -0.25) is 4.68 Å². The van der Waals surface area contributed by atoms with Crippen LogP contribution in [0.3, 0.4) is 0 Å². The third kappa shape index (κ3) is 2.98. The Bertz CT molecular complexity index is 478. The van der Waals surface area contributed by atoms with Gasteiger partial charge >= 0.3 is 0 Å². The van der Waals surface area contributed by atoms with Gasteiger partial charge in [-0.15, -0.1) is 0 Å². The van der Waals surface area contributed by atoms with Crippen LogP contribution in [0.25, 0.3) is 0 Å². The molecule has 0 saturated carbocycles. The summed E-state index contributed by atoms with van der Waals surface area (Å²) in [6, 6.07) is 0. The molecule has 1 heterocycles. The second kappa shape index (κ2) is 5.05. The van der Waals surface area contributed by atoms with Crippen LogP contribution in [0.15, 0.2) is 11.1 Å². The van der Waals surface area contributed by atoms with Crippen molar-refractivity contribution in [3.05, 3.63) is 6.20 Å². The Balaban J connectivity index is 3.13. The molecule has 0 aliphatic carbocycles. The van der Waals surface area contributed by atoms with Crippen molar-refractivity contribution in [1.29, 1.82) is 0 Å². The molecule has 0 fully saturated rings. The molecule has 0 unspecified atom stereocenters. The summed E-state index contributed by atoms with van der Waals surface area (Å²) >= 11 is 0. The fourth-order valence-electron chi connectivity index (χ4n) is 1.63. The van der Waals surface area contributed by atoms with Crippen LogP contribution in [0, 0.1) is 5.92 Å². The third-order valence-corrected chi connectivity index (χ3v) is 4.32. The molecule has 0 aromatic carbocycles. The van der Waals surface area contributed by atoms with Crippen LogP contribution in [0.2, 0.25) is 0 Å². The second-order valence-electron chi connectivity index (χ2n) is 4.40. The topological polar surface area (TPSA) is 81.2 Å². The molecule has 98 valence electrons. The summed E-state index contributed by atoms with van der Waals surface area (Å²) in [7, 11) is -1.88. The molecular formula is C10H20N4O2S. The normalized spacial score (nSPS) is 12.6. The fraction of sp³-hybridized carbons (Fsp3) is 0.700. The Labute approximate surface area is 102 Å². The number of nitrogen functional groups attached to an aromatic ring is 1. The minimum atomic E-state index is -3.53. The first-order chi connectivity index (χ1) is 7.78. The highest BCUT2D eigenvalue weighted by molar-refractivity contribution is 7.89. The maximum absolute atomic E-state index is 12.3. The number of rotatable bonds is 5. The Kier molecular flexibility index (Phi) is 4.16. The van der Waals surface area contributed by atoms with Gasteiger partial charge in [0, 0.05) is 26.3 Å². The van der Waals surface area contributed by atoms with Crippen LogP contribution < -0.4 is 5.73 Å². The lowest BCUT2D eigenvalue weighted by Gasteiger charge is -2.21. The van der Waals surface area contributed by atoms with Gasteiger partial charge in [-0.25, -0.2) is 8.42 Å². The van der Waals surface area contributed by atoms with E-state index < -0.39 is 10.0 Å². The van der Waals surface area contributed by atoms with E-state index in [2.05, 4.69) is 5.10 Å². The highest BCUT2D eigenvalue weighted by Crippen LogP contribution is 2.21. The fourth-order valence-corrected chi connectivity index (χ4v) is 3.33. The first-order valence-corrected chi connectivity index (χ1v) is 7.02. The van der Waals surface area contributed by atoms with Crippen molar-refractivity contribution in [2.75, 3.05) is 18.8 Å². The van der Waals surface area contributed by atoms with Gasteiger partial charge in [-0.1, -0.05) is 20.8 Å². The molecule has 0 bridgehead atoms. The third-order valence-electron chi connectivity index (χ3n) is 2.36. The largest absolute Gasteiger partial charge is 0.381 e. The lowest BCUT2D eigenvalue weighted by molar-refractivity contribution is 0.381. The average Bonchev–Trinajstić information content (AvgIpc) is 2.54. The summed E-state index contributed by atoms with van der Waals surface area (Å²) in [6.07, 6.45) is 1.44. The van der Waals surface area contributed by atoms with Gasteiger partial charge in [0.15, 0.2) is 5.82 Å². The number of sulfonamides is 1. The van der Waals surface area contributed by atoms with Crippen molar-refractivity contribution in [3.8, 4) is 0 Å². The minimum absolute atomic E-state index is 0.0507. The van der Waals surface area contributed by atoms with Gasteiger partial charge in [-0.05, 0) is 5.92 Å². The van der Waals surface area contributed by atoms with Crippen LogP contribution >= 0.6 is 0 Å². The van der Waals surface area contributed by atoms with Crippen LogP contribution in [-0.2, 0) is 17.1 Å². The summed E-state index contributed by atoms with van der Waals surface area (Å²) in [5, 5.41) is 3.86. The van der Waals surface area contributed by atoms with Gasteiger partial charge in [0.2, 0.25) is 10.0 Å². The van der Waals surface area contributed by atoms with Crippen LogP contribution in [-0.4, -0.2) is 35.6 Å². The van der Waals surface area contributed by atoms with E-state index in [1.807, 2.05) is 20.8 Å². The molecule has 2 N–H and O–H groups in total. The molecule has 0 spiro atoms. The van der Waals surface area contributed by atoms with Crippen LogP contribution in [0.4, 0.5) is 5.82 Å². The SMILES string of the molecule is CCN(CC(C)C)S(=O)(=O)c1cn(C)nc1N. The number of hydrogen-bond donors (Lipinski definition) is 1. The Morgan fingerprint density at radius 3 is 2.47 bits per heavy atom. The zero-order valence-corrected chi connectivity index (χ0v) is 11.5. The lowest BCUT2D eigenvalue weighted by atomic mass is 10.2. The molecule has 0 radical (unpaired) electrons. The molecule has 0 amide bonds. The summed E-state index contributed by atoms with van der Waals surface area (Å²) in [6.45, 7) is 6.67. The van der Waals surface area contributed by atoms with E-state index in [0.717, 1.165) is 0 Å². The van der Waals surface area contributed by atoms with E-state index in [4.69, 9.17) is 5.73 Å². The van der Waals surface area contributed by atoms with E-state index in [-0.39, 0.29) is 16.6 Å². The van der Waals surface area contributed by atoms with Crippen molar-refractivity contribution >= 4 is 15.8 Å². The minimum Gasteiger partial charge on any atom is -0.381 e. The van der Waals surface area contributed by atoms with Crippen molar-refractivity contribution in [1.82, 2.24) is 14.1 Å². The molecule has 1 aromatic heterocycles. The van der Waals surface area contributed by atoms with Crippen LogP contribution in [0.5, 0.6) is 0 Å². The Hall–Kier alpha value is -1.08. The molecule has 0 saturated heterocycles. The van der Waals surface area contributed by atoms with Gasteiger partial charge in [0.1, 0.15) is 4.90 Å². The lowest BCUT2D eigenvalue weighted by Crippen LogP contribution is -2.34. The van der Waals surface area contributed by atoms with Crippen molar-refractivity contribution < 1.29 is 8.42 Å². The predicted octanol–water partition coefficient (Wildman–Crippen LogP) is 0.669. The molecule has 0 aliphatic rings. The molecule has 6 nitrogen and oxygen atoms in total. The first kappa shape index (κ1) is 14.0. The number of hydrogen-bond acceptors (Lipinski definition) is 4. The van der Waals surface area contributed by atoms with Crippen molar-refractivity contribution in [2.45, 2.75) is 25.7 Å². The number of nitrogens with zero attached hydrogens (tertiary/aromatic N) is 3. The number of aryl methyl sites for hydroxylation is 1. The van der Waals surface area contributed by atoms with Gasteiger partial charge in [0.25, 0.3) is 0 Å². The van der Waals surface area contributed by atoms with Crippen molar-refractivity contribution in [2.24, 2.45) is 13.0 Å². The first-order valence-electron chi connectivity index (χ1n) is 5.58. The molecule has 0 atom stereocenters. The van der Waals surface area contributed by atoms with E-state index in [1.54, 1.807) is 7.05 Å².